The van der Waals surface area contributed by atoms with E-state index in [0.29, 0.717) is 17.5 Å². The molecule has 11 rings (SSSR count). The summed E-state index contributed by atoms with van der Waals surface area (Å²) in [6.45, 7) is 0. The van der Waals surface area contributed by atoms with Gasteiger partial charge in [-0.2, -0.15) is 0 Å². The van der Waals surface area contributed by atoms with Crippen molar-refractivity contribution in [2.45, 2.75) is 0 Å². The van der Waals surface area contributed by atoms with Gasteiger partial charge in [0.25, 0.3) is 0 Å². The molecule has 56 heavy (non-hydrogen) atoms. The van der Waals surface area contributed by atoms with Crippen molar-refractivity contribution >= 4 is 53.4 Å². The zero-order valence-corrected chi connectivity index (χ0v) is 30.9. The summed E-state index contributed by atoms with van der Waals surface area (Å²) >= 11 is 1.84. The van der Waals surface area contributed by atoms with Crippen LogP contribution in [0.2, 0.25) is 0 Å². The summed E-state index contributed by atoms with van der Waals surface area (Å²) in [6.07, 6.45) is 0. The van der Waals surface area contributed by atoms with E-state index in [2.05, 4.69) is 140 Å². The minimum Gasteiger partial charge on any atom is -0.456 e. The lowest BCUT2D eigenvalue weighted by molar-refractivity contribution is 0.669. The van der Waals surface area contributed by atoms with Crippen LogP contribution in [0, 0.1) is 0 Å². The van der Waals surface area contributed by atoms with Crippen LogP contribution in [0.3, 0.4) is 0 Å². The van der Waals surface area contributed by atoms with E-state index in [0.717, 1.165) is 55.3 Å². The normalized spacial score (nSPS) is 11.6. The summed E-state index contributed by atoms with van der Waals surface area (Å²) < 4.78 is 9.05. The van der Waals surface area contributed by atoms with E-state index in [-0.39, 0.29) is 0 Å². The van der Waals surface area contributed by atoms with Crippen molar-refractivity contribution in [2.24, 2.45) is 0 Å². The zero-order chi connectivity index (χ0) is 37.0. The predicted molar refractivity (Wildman–Crippen MR) is 233 cm³/mol. The van der Waals surface area contributed by atoms with Crippen LogP contribution in [0.1, 0.15) is 0 Å². The topological polar surface area (TPSA) is 51.8 Å². The third-order valence-electron chi connectivity index (χ3n) is 10.6. The van der Waals surface area contributed by atoms with Gasteiger partial charge in [-0.25, -0.2) is 15.0 Å². The summed E-state index contributed by atoms with van der Waals surface area (Å²) in [5.41, 5.74) is 11.4. The molecule has 0 bridgehead atoms. The molecule has 5 heteroatoms. The Hall–Kier alpha value is -7.21. The summed E-state index contributed by atoms with van der Waals surface area (Å²) in [5, 5.41) is 4.54. The van der Waals surface area contributed by atoms with Crippen molar-refractivity contribution in [3.05, 3.63) is 188 Å². The molecule has 4 nitrogen and oxygen atoms in total. The molecule has 11 aromatic rings. The van der Waals surface area contributed by atoms with Crippen molar-refractivity contribution in [3.63, 3.8) is 0 Å². The maximum atomic E-state index is 6.48. The molecule has 3 aromatic heterocycles. The molecule has 3 heterocycles. The Balaban J connectivity index is 1.03. The van der Waals surface area contributed by atoms with E-state index in [9.17, 15) is 0 Å². The minimum absolute atomic E-state index is 0.598. The molecule has 0 atom stereocenters. The highest BCUT2D eigenvalue weighted by molar-refractivity contribution is 7.25. The smallest absolute Gasteiger partial charge is 0.164 e. The van der Waals surface area contributed by atoms with Gasteiger partial charge in [-0.15, -0.1) is 11.3 Å². The van der Waals surface area contributed by atoms with Crippen LogP contribution >= 0.6 is 11.3 Å². The molecular weight excluding hydrogens is 703 g/mol. The first kappa shape index (κ1) is 32.2. The van der Waals surface area contributed by atoms with Gasteiger partial charge in [-0.3, -0.25) is 0 Å². The van der Waals surface area contributed by atoms with Gasteiger partial charge in [-0.05, 0) is 69.8 Å². The molecule has 0 amide bonds. The second-order valence-electron chi connectivity index (χ2n) is 14.0. The number of thiophene rings is 1. The van der Waals surface area contributed by atoms with Crippen molar-refractivity contribution in [1.82, 2.24) is 15.0 Å². The second kappa shape index (κ2) is 13.3. The average Bonchev–Trinajstić information content (AvgIpc) is 3.84. The zero-order valence-electron chi connectivity index (χ0n) is 30.1. The third kappa shape index (κ3) is 5.65. The molecule has 262 valence electrons. The standard InChI is InChI=1S/C51H31N3OS/c1-4-11-32(12-5-1)34-19-21-36(22-20-34)50-52-49(35-15-8-3-9-16-35)53-51(54-50)41-17-10-18-45-48(41)43-30-37(24-27-44(43)55-45)38-25-28-46-42(29-38)40-26-23-39(31-47(40)56-46)33-13-6-2-7-14-33/h1-31H. The van der Waals surface area contributed by atoms with Gasteiger partial charge in [0, 0.05) is 47.6 Å². The average molecular weight is 734 g/mol. The lowest BCUT2D eigenvalue weighted by atomic mass is 9.98. The largest absolute Gasteiger partial charge is 0.456 e. The molecule has 0 aliphatic heterocycles. The predicted octanol–water partition coefficient (Wildman–Crippen LogP) is 14.1. The molecule has 0 unspecified atom stereocenters. The van der Waals surface area contributed by atoms with Gasteiger partial charge in [0.05, 0.1) is 0 Å². The van der Waals surface area contributed by atoms with Crippen LogP contribution in [0.15, 0.2) is 192 Å². The Morgan fingerprint density at radius 3 is 1.55 bits per heavy atom. The summed E-state index contributed by atoms with van der Waals surface area (Å²) in [7, 11) is 0. The lowest BCUT2D eigenvalue weighted by Gasteiger charge is -2.10. The van der Waals surface area contributed by atoms with Crippen molar-refractivity contribution < 1.29 is 4.42 Å². The quantitative estimate of drug-likeness (QED) is 0.171. The molecule has 0 fully saturated rings. The fourth-order valence-electron chi connectivity index (χ4n) is 7.74. The number of furan rings is 1. The summed E-state index contributed by atoms with van der Waals surface area (Å²) in [4.78, 5) is 15.2. The highest BCUT2D eigenvalue weighted by Crippen LogP contribution is 2.41. The van der Waals surface area contributed by atoms with E-state index >= 15 is 0 Å². The van der Waals surface area contributed by atoms with Gasteiger partial charge >= 0.3 is 0 Å². The molecule has 0 saturated carbocycles. The number of fused-ring (bicyclic) bond motifs is 6. The first-order valence-electron chi connectivity index (χ1n) is 18.7. The van der Waals surface area contributed by atoms with Gasteiger partial charge < -0.3 is 4.42 Å². The van der Waals surface area contributed by atoms with Gasteiger partial charge in [-0.1, -0.05) is 152 Å². The maximum Gasteiger partial charge on any atom is 0.164 e. The monoisotopic (exact) mass is 733 g/mol. The molecule has 0 aliphatic carbocycles. The van der Waals surface area contributed by atoms with Crippen LogP contribution in [-0.4, -0.2) is 15.0 Å². The highest BCUT2D eigenvalue weighted by Gasteiger charge is 2.19. The SMILES string of the molecule is c1ccc(-c2ccc(-c3nc(-c4ccccc4)nc(-c4cccc5oc6ccc(-c7ccc8sc9cc(-c%10ccccc%10)ccc9c8c7)cc6c45)n3)cc2)cc1. The Morgan fingerprint density at radius 2 is 0.839 bits per heavy atom. The number of hydrogen-bond donors (Lipinski definition) is 0. The minimum atomic E-state index is 0.598. The first-order chi connectivity index (χ1) is 27.7. The number of nitrogens with zero attached hydrogens (tertiary/aromatic N) is 3. The van der Waals surface area contributed by atoms with Crippen LogP contribution in [0.25, 0.3) is 110 Å². The van der Waals surface area contributed by atoms with Crippen molar-refractivity contribution in [2.75, 3.05) is 0 Å². The van der Waals surface area contributed by atoms with E-state index < -0.39 is 0 Å². The molecule has 8 aromatic carbocycles. The highest BCUT2D eigenvalue weighted by atomic mass is 32.1. The second-order valence-corrected chi connectivity index (χ2v) is 15.1. The Labute approximate surface area is 327 Å². The number of rotatable bonds is 6. The van der Waals surface area contributed by atoms with Gasteiger partial charge in [0.15, 0.2) is 17.5 Å². The third-order valence-corrected chi connectivity index (χ3v) is 11.7. The summed E-state index contributed by atoms with van der Waals surface area (Å²) in [6, 6.07) is 65.7. The van der Waals surface area contributed by atoms with Crippen LogP contribution in [0.5, 0.6) is 0 Å². The number of hydrogen-bond acceptors (Lipinski definition) is 5. The lowest BCUT2D eigenvalue weighted by Crippen LogP contribution is -2.00. The number of aromatic nitrogens is 3. The fraction of sp³-hybridized carbons (Fsp3) is 0. The molecule has 0 N–H and O–H groups in total. The van der Waals surface area contributed by atoms with Crippen molar-refractivity contribution in [1.29, 1.82) is 0 Å². The van der Waals surface area contributed by atoms with Crippen LogP contribution in [-0.2, 0) is 0 Å². The molecule has 0 radical (unpaired) electrons. The Bertz CT molecular complexity index is 3230. The maximum absolute atomic E-state index is 6.48. The van der Waals surface area contributed by atoms with E-state index in [4.69, 9.17) is 19.4 Å². The van der Waals surface area contributed by atoms with Gasteiger partial charge in [0.2, 0.25) is 0 Å². The summed E-state index contributed by atoms with van der Waals surface area (Å²) in [5.74, 6) is 1.84. The van der Waals surface area contributed by atoms with Crippen molar-refractivity contribution in [3.8, 4) is 67.5 Å². The molecule has 0 saturated heterocycles. The van der Waals surface area contributed by atoms with Crippen LogP contribution in [0.4, 0.5) is 0 Å². The van der Waals surface area contributed by atoms with Crippen LogP contribution < -0.4 is 0 Å². The molecule has 0 spiro atoms. The first-order valence-corrected chi connectivity index (χ1v) is 19.5. The fourth-order valence-corrected chi connectivity index (χ4v) is 8.87. The Morgan fingerprint density at radius 1 is 0.321 bits per heavy atom. The van der Waals surface area contributed by atoms with E-state index in [1.807, 2.05) is 59.9 Å². The number of benzene rings is 8. The van der Waals surface area contributed by atoms with Gasteiger partial charge in [0.1, 0.15) is 11.2 Å². The van der Waals surface area contributed by atoms with E-state index in [1.165, 1.54) is 36.9 Å². The molecule has 0 aliphatic rings. The Kier molecular flexibility index (Phi) is 7.64. The van der Waals surface area contributed by atoms with E-state index in [1.54, 1.807) is 0 Å². The molecular formula is C51H31N3OS.